The molecule has 0 nitrogen and oxygen atoms in total. The van der Waals surface area contributed by atoms with Crippen molar-refractivity contribution in [3.05, 3.63) is 100 Å². The second-order valence-electron chi connectivity index (χ2n) is 10.6. The van der Waals surface area contributed by atoms with Gasteiger partial charge in [0.2, 0.25) is 0 Å². The van der Waals surface area contributed by atoms with Crippen LogP contribution in [-0.2, 0) is 12.8 Å². The topological polar surface area (TPSA) is 0 Å². The summed E-state index contributed by atoms with van der Waals surface area (Å²) < 4.78 is 44.8. The number of allylic oxidation sites excluding steroid dienone is 1. The molecule has 37 heavy (non-hydrogen) atoms. The molecule has 0 unspecified atom stereocenters. The van der Waals surface area contributed by atoms with Gasteiger partial charge in [-0.3, -0.25) is 0 Å². The maximum absolute atomic E-state index is 15.1. The van der Waals surface area contributed by atoms with Crippen LogP contribution < -0.4 is 0 Å². The zero-order valence-electron chi connectivity index (χ0n) is 22.2. The third-order valence-corrected chi connectivity index (χ3v) is 7.81. The Bertz CT molecular complexity index is 1180. The molecule has 0 radical (unpaired) electrons. The van der Waals surface area contributed by atoms with Gasteiger partial charge >= 0.3 is 0 Å². The minimum atomic E-state index is -0.753. The van der Waals surface area contributed by atoms with Gasteiger partial charge in [-0.2, -0.15) is 0 Å². The van der Waals surface area contributed by atoms with Crippen molar-refractivity contribution in [3.8, 4) is 11.1 Å². The van der Waals surface area contributed by atoms with E-state index < -0.39 is 11.6 Å². The zero-order valence-corrected chi connectivity index (χ0v) is 22.2. The molecular weight excluding hydrogens is 465 g/mol. The Hall–Kier alpha value is -2.81. The quantitative estimate of drug-likeness (QED) is 0.241. The van der Waals surface area contributed by atoms with Crippen molar-refractivity contribution in [3.63, 3.8) is 0 Å². The molecule has 3 aromatic carbocycles. The predicted molar refractivity (Wildman–Crippen MR) is 149 cm³/mol. The summed E-state index contributed by atoms with van der Waals surface area (Å²) in [6.45, 7) is 4.29. The van der Waals surface area contributed by atoms with Crippen LogP contribution in [0.4, 0.5) is 13.2 Å². The highest BCUT2D eigenvalue weighted by Gasteiger charge is 2.25. The molecule has 0 N–H and O–H groups in total. The fourth-order valence-electron chi connectivity index (χ4n) is 5.55. The summed E-state index contributed by atoms with van der Waals surface area (Å²) in [6.07, 6.45) is 13.7. The second kappa shape index (κ2) is 13.1. The molecule has 0 spiro atoms. The Balaban J connectivity index is 1.36. The summed E-state index contributed by atoms with van der Waals surface area (Å²) in [5.74, 6) is -1.30. The molecule has 1 fully saturated rings. The fourth-order valence-corrected chi connectivity index (χ4v) is 5.55. The van der Waals surface area contributed by atoms with E-state index in [1.165, 1.54) is 12.0 Å². The van der Waals surface area contributed by atoms with Gasteiger partial charge in [-0.15, -0.1) is 0 Å². The highest BCUT2D eigenvalue weighted by Crippen LogP contribution is 2.39. The van der Waals surface area contributed by atoms with Gasteiger partial charge in [-0.1, -0.05) is 93.8 Å². The van der Waals surface area contributed by atoms with E-state index >= 15 is 8.78 Å². The Morgan fingerprint density at radius 1 is 0.730 bits per heavy atom. The largest absolute Gasteiger partial charge is 0.206 e. The molecule has 1 saturated carbocycles. The summed E-state index contributed by atoms with van der Waals surface area (Å²) in [4.78, 5) is 0. The van der Waals surface area contributed by atoms with Gasteiger partial charge in [0, 0.05) is 11.1 Å². The Morgan fingerprint density at radius 3 is 2.14 bits per heavy atom. The average molecular weight is 505 g/mol. The number of aryl methyl sites for hydroxylation is 2. The predicted octanol–water partition coefficient (Wildman–Crippen LogP) is 10.4. The van der Waals surface area contributed by atoms with Crippen LogP contribution in [0.15, 0.2) is 60.7 Å². The Kier molecular flexibility index (Phi) is 9.66. The van der Waals surface area contributed by atoms with E-state index in [4.69, 9.17) is 0 Å². The van der Waals surface area contributed by atoms with E-state index in [-0.39, 0.29) is 11.7 Å². The molecular formula is C34H39F3. The first-order valence-electron chi connectivity index (χ1n) is 14.0. The normalized spacial score (nSPS) is 18.0. The van der Waals surface area contributed by atoms with E-state index in [1.807, 2.05) is 42.5 Å². The number of hydrogen-bond acceptors (Lipinski definition) is 0. The monoisotopic (exact) mass is 504 g/mol. The molecule has 0 amide bonds. The van der Waals surface area contributed by atoms with E-state index in [9.17, 15) is 4.39 Å². The third-order valence-electron chi connectivity index (χ3n) is 7.81. The number of benzene rings is 3. The van der Waals surface area contributed by atoms with Crippen molar-refractivity contribution in [1.29, 1.82) is 0 Å². The van der Waals surface area contributed by atoms with Gasteiger partial charge < -0.3 is 0 Å². The summed E-state index contributed by atoms with van der Waals surface area (Å²) in [6, 6.07) is 16.8. The Morgan fingerprint density at radius 2 is 1.46 bits per heavy atom. The van der Waals surface area contributed by atoms with E-state index in [2.05, 4.69) is 19.9 Å². The van der Waals surface area contributed by atoms with Crippen molar-refractivity contribution in [2.45, 2.75) is 84.0 Å². The average Bonchev–Trinajstić information content (AvgIpc) is 2.91. The maximum atomic E-state index is 15.1. The first-order valence-corrected chi connectivity index (χ1v) is 14.0. The van der Waals surface area contributed by atoms with Crippen LogP contribution >= 0.6 is 0 Å². The molecule has 3 heteroatoms. The van der Waals surface area contributed by atoms with Crippen LogP contribution in [0.5, 0.6) is 0 Å². The molecule has 0 heterocycles. The second-order valence-corrected chi connectivity index (χ2v) is 10.6. The number of hydrogen-bond donors (Lipinski definition) is 0. The lowest BCUT2D eigenvalue weighted by molar-refractivity contribution is 0.365. The van der Waals surface area contributed by atoms with Crippen molar-refractivity contribution in [2.75, 3.05) is 0 Å². The highest BCUT2D eigenvalue weighted by atomic mass is 19.2. The third kappa shape index (κ3) is 6.94. The van der Waals surface area contributed by atoms with E-state index in [0.717, 1.165) is 63.4 Å². The molecule has 196 valence electrons. The van der Waals surface area contributed by atoms with Crippen LogP contribution in [0.3, 0.4) is 0 Å². The molecule has 1 aliphatic rings. The fraction of sp³-hybridized carbons (Fsp3) is 0.412. The summed E-state index contributed by atoms with van der Waals surface area (Å²) in [7, 11) is 0. The molecule has 0 aromatic heterocycles. The lowest BCUT2D eigenvalue weighted by Crippen LogP contribution is -2.13. The highest BCUT2D eigenvalue weighted by molar-refractivity contribution is 5.65. The van der Waals surface area contributed by atoms with E-state index in [1.54, 1.807) is 18.2 Å². The molecule has 0 aliphatic heterocycles. The zero-order chi connectivity index (χ0) is 26.2. The van der Waals surface area contributed by atoms with Gasteiger partial charge in [0.1, 0.15) is 5.82 Å². The van der Waals surface area contributed by atoms with Crippen LogP contribution in [0.25, 0.3) is 17.2 Å². The van der Waals surface area contributed by atoms with Gasteiger partial charge in [-0.05, 0) is 85.1 Å². The molecule has 0 saturated heterocycles. The smallest absolute Gasteiger partial charge is 0.166 e. The first kappa shape index (κ1) is 27.2. The van der Waals surface area contributed by atoms with Crippen LogP contribution in [0, 0.1) is 23.4 Å². The molecule has 4 rings (SSSR count). The number of halogens is 3. The van der Waals surface area contributed by atoms with Crippen molar-refractivity contribution < 1.29 is 13.2 Å². The van der Waals surface area contributed by atoms with E-state index in [0.29, 0.717) is 28.2 Å². The van der Waals surface area contributed by atoms with Crippen molar-refractivity contribution >= 4 is 6.08 Å². The molecule has 0 atom stereocenters. The lowest BCUT2D eigenvalue weighted by atomic mass is 9.78. The van der Waals surface area contributed by atoms with Gasteiger partial charge in [-0.25, -0.2) is 13.2 Å². The maximum Gasteiger partial charge on any atom is 0.166 e. The summed E-state index contributed by atoms with van der Waals surface area (Å²) >= 11 is 0. The molecule has 0 bridgehead atoms. The summed E-state index contributed by atoms with van der Waals surface area (Å²) in [5, 5.41) is 0. The first-order chi connectivity index (χ1) is 18.0. The SMILES string of the molecule is CCCCCc1ccc(C=CC2CCC(c3ccc(-c4ccc(CCC)cc4)c(F)c3F)CC2)c(F)c1. The van der Waals surface area contributed by atoms with Gasteiger partial charge in [0.15, 0.2) is 11.6 Å². The molecule has 3 aromatic rings. The molecule has 1 aliphatic carbocycles. The lowest BCUT2D eigenvalue weighted by Gasteiger charge is -2.27. The van der Waals surface area contributed by atoms with Crippen molar-refractivity contribution in [1.82, 2.24) is 0 Å². The van der Waals surface area contributed by atoms with Gasteiger partial charge in [0.25, 0.3) is 0 Å². The van der Waals surface area contributed by atoms with Gasteiger partial charge in [0.05, 0.1) is 0 Å². The van der Waals surface area contributed by atoms with Crippen LogP contribution in [0.2, 0.25) is 0 Å². The van der Waals surface area contributed by atoms with Crippen LogP contribution in [0.1, 0.15) is 93.4 Å². The minimum absolute atomic E-state index is 0.0132. The van der Waals surface area contributed by atoms with Crippen molar-refractivity contribution in [2.24, 2.45) is 5.92 Å². The standard InChI is InChI=1S/C34H39F3/c1-3-5-6-8-26-14-20-29(32(35)23-26)19-13-25-11-17-28(18-12-25)31-22-21-30(33(36)34(31)37)27-15-9-24(7-4-2)10-16-27/h9-10,13-16,19-23,25,28H,3-8,11-12,17-18H2,1-2H3. The summed E-state index contributed by atoms with van der Waals surface area (Å²) in [5.41, 5.74) is 4.38. The minimum Gasteiger partial charge on any atom is -0.206 e. The number of unbranched alkanes of at least 4 members (excludes halogenated alkanes) is 2. The number of rotatable bonds is 10. The van der Waals surface area contributed by atoms with Crippen LogP contribution in [-0.4, -0.2) is 0 Å². The Labute approximate surface area is 220 Å².